The van der Waals surface area contributed by atoms with Gasteiger partial charge in [0.1, 0.15) is 12.4 Å². The van der Waals surface area contributed by atoms with Crippen LogP contribution in [-0.2, 0) is 0 Å². The Bertz CT molecular complexity index is 574. The molecule has 90 valence electrons. The van der Waals surface area contributed by atoms with E-state index in [0.29, 0.717) is 17.1 Å². The number of rotatable bonds is 3. The summed E-state index contributed by atoms with van der Waals surface area (Å²) < 4.78 is 13.5. The van der Waals surface area contributed by atoms with Crippen molar-refractivity contribution in [2.45, 2.75) is 0 Å². The molecule has 0 fully saturated rings. The molecule has 0 aliphatic carbocycles. The lowest BCUT2D eigenvalue weighted by molar-refractivity contribution is 0.631. The Labute approximate surface area is 104 Å². The van der Waals surface area contributed by atoms with Crippen LogP contribution < -0.4 is 4.90 Å². The predicted molar refractivity (Wildman–Crippen MR) is 66.3 cm³/mol. The van der Waals surface area contributed by atoms with Crippen molar-refractivity contribution in [1.29, 1.82) is 5.26 Å². The minimum Gasteiger partial charge on any atom is -0.331 e. The van der Waals surface area contributed by atoms with Crippen molar-refractivity contribution < 1.29 is 4.39 Å². The fraction of sp³-hybridized carbons (Fsp3) is 0.154. The first-order valence-corrected chi connectivity index (χ1v) is 5.37. The molecule has 0 saturated heterocycles. The second-order valence-corrected chi connectivity index (χ2v) is 3.77. The van der Waals surface area contributed by atoms with Crippen LogP contribution in [0.2, 0.25) is 0 Å². The van der Waals surface area contributed by atoms with E-state index in [9.17, 15) is 4.39 Å². The van der Waals surface area contributed by atoms with Gasteiger partial charge in [-0.1, -0.05) is 18.2 Å². The zero-order chi connectivity index (χ0) is 13.0. The molecule has 1 aromatic carbocycles. The van der Waals surface area contributed by atoms with Crippen LogP contribution in [-0.4, -0.2) is 23.6 Å². The molecule has 5 heteroatoms. The van der Waals surface area contributed by atoms with Crippen molar-refractivity contribution >= 4 is 5.95 Å². The highest BCUT2D eigenvalue weighted by Crippen LogP contribution is 2.21. The number of hydrogen-bond acceptors (Lipinski definition) is 4. The summed E-state index contributed by atoms with van der Waals surface area (Å²) in [6.45, 7) is 0.207. The van der Waals surface area contributed by atoms with Crippen molar-refractivity contribution in [2.75, 3.05) is 18.5 Å². The molecule has 0 amide bonds. The van der Waals surface area contributed by atoms with E-state index in [-0.39, 0.29) is 12.4 Å². The molecular formula is C13H11FN4. The number of benzene rings is 1. The Hall–Kier alpha value is -2.48. The van der Waals surface area contributed by atoms with Gasteiger partial charge in [0.2, 0.25) is 5.95 Å². The van der Waals surface area contributed by atoms with E-state index in [0.717, 1.165) is 0 Å². The first kappa shape index (κ1) is 12.0. The lowest BCUT2D eigenvalue weighted by Gasteiger charge is -2.12. The monoisotopic (exact) mass is 242 g/mol. The standard InChI is InChI=1S/C13H11FN4/c1-18(7-6-15)13-16-8-10(9-17-13)11-4-2-3-5-12(11)14/h2-5,8-9H,7H2,1H3. The average Bonchev–Trinajstić information content (AvgIpc) is 2.40. The van der Waals surface area contributed by atoms with Crippen LogP contribution in [0.5, 0.6) is 0 Å². The van der Waals surface area contributed by atoms with E-state index in [4.69, 9.17) is 5.26 Å². The van der Waals surface area contributed by atoms with Gasteiger partial charge in [-0.15, -0.1) is 0 Å². The summed E-state index contributed by atoms with van der Waals surface area (Å²) in [6, 6.07) is 8.47. The predicted octanol–water partition coefficient (Wildman–Crippen LogP) is 2.24. The van der Waals surface area contributed by atoms with Gasteiger partial charge < -0.3 is 4.90 Å². The summed E-state index contributed by atoms with van der Waals surface area (Å²) >= 11 is 0. The lowest BCUT2D eigenvalue weighted by Crippen LogP contribution is -2.19. The number of hydrogen-bond donors (Lipinski definition) is 0. The third-order valence-corrected chi connectivity index (χ3v) is 2.47. The second kappa shape index (κ2) is 5.23. The minimum absolute atomic E-state index is 0.207. The van der Waals surface area contributed by atoms with Crippen molar-refractivity contribution in [3.8, 4) is 17.2 Å². The van der Waals surface area contributed by atoms with Crippen molar-refractivity contribution in [2.24, 2.45) is 0 Å². The molecule has 0 saturated carbocycles. The van der Waals surface area contributed by atoms with E-state index in [1.165, 1.54) is 6.07 Å². The zero-order valence-corrected chi connectivity index (χ0v) is 9.84. The molecular weight excluding hydrogens is 231 g/mol. The van der Waals surface area contributed by atoms with E-state index in [1.807, 2.05) is 6.07 Å². The maximum Gasteiger partial charge on any atom is 0.225 e. The maximum absolute atomic E-state index is 13.5. The van der Waals surface area contributed by atoms with Gasteiger partial charge in [0.05, 0.1) is 6.07 Å². The van der Waals surface area contributed by atoms with Gasteiger partial charge in [-0.05, 0) is 6.07 Å². The van der Waals surface area contributed by atoms with Crippen LogP contribution in [0.4, 0.5) is 10.3 Å². The Kier molecular flexibility index (Phi) is 3.49. The molecule has 0 unspecified atom stereocenters. The summed E-state index contributed by atoms with van der Waals surface area (Å²) in [4.78, 5) is 9.84. The van der Waals surface area contributed by atoms with E-state index in [1.54, 1.807) is 42.5 Å². The second-order valence-electron chi connectivity index (χ2n) is 3.77. The van der Waals surface area contributed by atoms with Crippen LogP contribution in [0.25, 0.3) is 11.1 Å². The third-order valence-electron chi connectivity index (χ3n) is 2.47. The quantitative estimate of drug-likeness (QED) is 0.774. The summed E-state index contributed by atoms with van der Waals surface area (Å²) in [5.74, 6) is 0.135. The van der Waals surface area contributed by atoms with Crippen LogP contribution in [0.1, 0.15) is 0 Å². The van der Waals surface area contributed by atoms with Gasteiger partial charge in [0, 0.05) is 30.6 Å². The van der Waals surface area contributed by atoms with Crippen LogP contribution in [0.15, 0.2) is 36.7 Å². The molecule has 0 spiro atoms. The molecule has 0 N–H and O–H groups in total. The molecule has 18 heavy (non-hydrogen) atoms. The molecule has 0 aliphatic heterocycles. The smallest absolute Gasteiger partial charge is 0.225 e. The fourth-order valence-corrected chi connectivity index (χ4v) is 1.53. The molecule has 4 nitrogen and oxygen atoms in total. The summed E-state index contributed by atoms with van der Waals surface area (Å²) in [6.07, 6.45) is 3.10. The van der Waals surface area contributed by atoms with Gasteiger partial charge in [0.15, 0.2) is 0 Å². The molecule has 2 rings (SSSR count). The Morgan fingerprint density at radius 2 is 1.94 bits per heavy atom. The molecule has 0 radical (unpaired) electrons. The Morgan fingerprint density at radius 1 is 1.28 bits per heavy atom. The number of halogens is 1. The van der Waals surface area contributed by atoms with Gasteiger partial charge in [-0.25, -0.2) is 14.4 Å². The number of anilines is 1. The minimum atomic E-state index is -0.306. The molecule has 1 heterocycles. The number of nitrogens with zero attached hydrogens (tertiary/aromatic N) is 4. The Morgan fingerprint density at radius 3 is 2.56 bits per heavy atom. The van der Waals surface area contributed by atoms with Gasteiger partial charge in [-0.2, -0.15) is 5.26 Å². The van der Waals surface area contributed by atoms with E-state index < -0.39 is 0 Å². The number of aromatic nitrogens is 2. The summed E-state index contributed by atoms with van der Waals surface area (Å²) in [5.41, 5.74) is 1.08. The normalized spacial score (nSPS) is 9.83. The van der Waals surface area contributed by atoms with Gasteiger partial charge in [0.25, 0.3) is 0 Å². The highest BCUT2D eigenvalue weighted by Gasteiger charge is 2.07. The zero-order valence-electron chi connectivity index (χ0n) is 9.84. The topological polar surface area (TPSA) is 52.8 Å². The van der Waals surface area contributed by atoms with Crippen molar-refractivity contribution in [3.63, 3.8) is 0 Å². The first-order chi connectivity index (χ1) is 8.72. The van der Waals surface area contributed by atoms with Gasteiger partial charge >= 0.3 is 0 Å². The third kappa shape index (κ3) is 2.43. The highest BCUT2D eigenvalue weighted by molar-refractivity contribution is 5.62. The van der Waals surface area contributed by atoms with Crippen LogP contribution in [0, 0.1) is 17.1 Å². The fourth-order valence-electron chi connectivity index (χ4n) is 1.53. The number of nitriles is 1. The highest BCUT2D eigenvalue weighted by atomic mass is 19.1. The lowest BCUT2D eigenvalue weighted by atomic mass is 10.1. The van der Waals surface area contributed by atoms with Crippen LogP contribution >= 0.6 is 0 Å². The van der Waals surface area contributed by atoms with Crippen LogP contribution in [0.3, 0.4) is 0 Å². The molecule has 2 aromatic rings. The maximum atomic E-state index is 13.5. The largest absolute Gasteiger partial charge is 0.331 e. The SMILES string of the molecule is CN(CC#N)c1ncc(-c2ccccc2F)cn1. The van der Waals surface area contributed by atoms with Crippen molar-refractivity contribution in [3.05, 3.63) is 42.5 Å². The van der Waals surface area contributed by atoms with Gasteiger partial charge in [-0.3, -0.25) is 0 Å². The van der Waals surface area contributed by atoms with E-state index >= 15 is 0 Å². The van der Waals surface area contributed by atoms with Crippen molar-refractivity contribution in [1.82, 2.24) is 9.97 Å². The molecule has 0 atom stereocenters. The summed E-state index contributed by atoms with van der Waals surface area (Å²) in [5, 5.41) is 8.57. The molecule has 0 aliphatic rings. The first-order valence-electron chi connectivity index (χ1n) is 5.37. The van der Waals surface area contributed by atoms with E-state index in [2.05, 4.69) is 9.97 Å². The Balaban J connectivity index is 2.29. The molecule has 0 bridgehead atoms. The summed E-state index contributed by atoms with van der Waals surface area (Å²) in [7, 11) is 1.72. The average molecular weight is 242 g/mol. The molecule has 1 aromatic heterocycles.